The Morgan fingerprint density at radius 2 is 1.67 bits per heavy atom. The molecule has 3 atom stereocenters. The maximum Gasteiger partial charge on any atom is 0.245 e. The first-order valence-corrected chi connectivity index (χ1v) is 16.1. The van der Waals surface area contributed by atoms with Crippen molar-refractivity contribution >= 4 is 17.7 Å². The number of unbranched alkanes of at least 4 members (excludes halogenated alkanes) is 1. The molecule has 7 N–H and O–H groups in total. The Hall–Kier alpha value is -3.41. The van der Waals surface area contributed by atoms with Crippen molar-refractivity contribution in [1.82, 2.24) is 20.9 Å². The Bertz CT molecular complexity index is 1220. The average molecular weight is 629 g/mol. The minimum atomic E-state index is -0.988. The summed E-state index contributed by atoms with van der Waals surface area (Å²) in [6, 6.07) is 11.9. The van der Waals surface area contributed by atoms with Gasteiger partial charge in [0.1, 0.15) is 6.04 Å². The van der Waals surface area contributed by atoms with Crippen LogP contribution in [0.15, 0.2) is 48.5 Å². The lowest BCUT2D eigenvalue weighted by molar-refractivity contribution is -0.138. The predicted octanol–water partition coefficient (Wildman–Crippen LogP) is 2.80. The van der Waals surface area contributed by atoms with Crippen LogP contribution in [0.1, 0.15) is 63.5 Å². The number of nitrogens with one attached hydrogen (secondary N) is 3. The largest absolute Gasteiger partial charge is 0.353 e. The van der Waals surface area contributed by atoms with Crippen LogP contribution >= 0.6 is 0 Å². The van der Waals surface area contributed by atoms with Crippen molar-refractivity contribution in [2.45, 2.75) is 89.4 Å². The second-order valence-electron chi connectivity index (χ2n) is 12.5. The van der Waals surface area contributed by atoms with Crippen LogP contribution in [0.2, 0.25) is 0 Å². The fourth-order valence-electron chi connectivity index (χ4n) is 5.64. The van der Waals surface area contributed by atoms with E-state index in [1.165, 1.54) is 6.07 Å². The second-order valence-corrected chi connectivity index (χ2v) is 12.5. The number of hydrogen-bond acceptors (Lipinski definition) is 6. The molecule has 1 aliphatic heterocycles. The summed E-state index contributed by atoms with van der Waals surface area (Å²) in [4.78, 5) is 41.5. The first-order chi connectivity index (χ1) is 21.5. The molecule has 0 radical (unpaired) electrons. The minimum absolute atomic E-state index is 0.0612. The van der Waals surface area contributed by atoms with Crippen LogP contribution in [-0.2, 0) is 27.2 Å². The number of likely N-dealkylation sites (tertiary alicyclic amines) is 1. The van der Waals surface area contributed by atoms with Crippen LogP contribution in [0.25, 0.3) is 0 Å². The van der Waals surface area contributed by atoms with Crippen molar-refractivity contribution in [3.05, 3.63) is 71.3 Å². The Balaban J connectivity index is 1.54. The molecule has 1 fully saturated rings. The number of rotatable bonds is 17. The molecule has 0 aliphatic carbocycles. The van der Waals surface area contributed by atoms with Crippen LogP contribution in [0.4, 0.5) is 8.78 Å². The number of carbonyl (C=O) groups excluding carboxylic acids is 3. The van der Waals surface area contributed by atoms with E-state index in [2.05, 4.69) is 29.8 Å². The summed E-state index contributed by atoms with van der Waals surface area (Å²) in [5.74, 6) is -2.34. The van der Waals surface area contributed by atoms with Gasteiger partial charge in [-0.15, -0.1) is 0 Å². The molecule has 3 rings (SSSR count). The summed E-state index contributed by atoms with van der Waals surface area (Å²) in [6.45, 7) is 5.93. The number of piperidine rings is 1. The van der Waals surface area contributed by atoms with Crippen molar-refractivity contribution in [2.75, 3.05) is 26.2 Å². The number of halogens is 2. The molecule has 1 heterocycles. The maximum absolute atomic E-state index is 13.7. The van der Waals surface area contributed by atoms with E-state index in [4.69, 9.17) is 11.5 Å². The van der Waals surface area contributed by atoms with E-state index in [9.17, 15) is 23.2 Å². The topological polar surface area (TPSA) is 143 Å². The number of benzene rings is 2. The van der Waals surface area contributed by atoms with Crippen molar-refractivity contribution in [1.29, 1.82) is 0 Å². The zero-order valence-corrected chi connectivity index (χ0v) is 26.6. The molecule has 0 spiro atoms. The monoisotopic (exact) mass is 628 g/mol. The number of nitrogens with two attached hydrogens (primary N) is 2. The first-order valence-electron chi connectivity index (χ1n) is 16.1. The molecule has 45 heavy (non-hydrogen) atoms. The minimum Gasteiger partial charge on any atom is -0.353 e. The van der Waals surface area contributed by atoms with Gasteiger partial charge in [0.2, 0.25) is 17.7 Å². The van der Waals surface area contributed by atoms with Gasteiger partial charge >= 0.3 is 0 Å². The Labute approximate surface area is 265 Å². The Morgan fingerprint density at radius 1 is 0.956 bits per heavy atom. The fraction of sp³-hybridized carbons (Fsp3) is 0.559. The van der Waals surface area contributed by atoms with E-state index in [0.29, 0.717) is 70.3 Å². The van der Waals surface area contributed by atoms with Crippen molar-refractivity contribution in [3.8, 4) is 0 Å². The molecule has 0 aromatic heterocycles. The van der Waals surface area contributed by atoms with Gasteiger partial charge in [0.25, 0.3) is 0 Å². The second kappa shape index (κ2) is 18.5. The van der Waals surface area contributed by atoms with Crippen molar-refractivity contribution in [2.24, 2.45) is 17.4 Å². The smallest absolute Gasteiger partial charge is 0.245 e. The molecule has 1 saturated heterocycles. The predicted molar refractivity (Wildman–Crippen MR) is 172 cm³/mol. The number of amides is 3. The van der Waals surface area contributed by atoms with Crippen LogP contribution in [0.5, 0.6) is 0 Å². The van der Waals surface area contributed by atoms with Crippen LogP contribution in [-0.4, -0.2) is 73.0 Å². The summed E-state index contributed by atoms with van der Waals surface area (Å²) in [6.07, 6.45) is 4.25. The third-order valence-electron chi connectivity index (χ3n) is 8.07. The molecule has 9 nitrogen and oxygen atoms in total. The van der Waals surface area contributed by atoms with E-state index in [1.807, 2.05) is 30.3 Å². The van der Waals surface area contributed by atoms with E-state index in [0.717, 1.165) is 24.1 Å². The van der Waals surface area contributed by atoms with Gasteiger partial charge in [-0.2, -0.15) is 0 Å². The highest BCUT2D eigenvalue weighted by molar-refractivity contribution is 5.90. The quantitative estimate of drug-likeness (QED) is 0.171. The van der Waals surface area contributed by atoms with Crippen LogP contribution in [0.3, 0.4) is 0 Å². The third kappa shape index (κ3) is 12.5. The average Bonchev–Trinajstić information content (AvgIpc) is 3.01. The van der Waals surface area contributed by atoms with Gasteiger partial charge < -0.3 is 32.3 Å². The standard InChI is InChI=1S/C34H50F2N6O3/c1-23(2)18-31(39-22-26(38)19-24-8-4-3-5-9-24)33(44)41-30(10-6-7-15-37)34(45)42-16-13-27(14-17-42)40-32(43)21-25-11-12-28(35)29(36)20-25/h3-5,8-9,11-12,20,23,26-27,30-31,39H,6-7,10,13-19,21-22,37-38H2,1-2H3,(H,40,43)(H,41,44). The number of carbonyl (C=O) groups is 3. The first kappa shape index (κ1) is 36.1. The van der Waals surface area contributed by atoms with Crippen LogP contribution < -0.4 is 27.4 Å². The Morgan fingerprint density at radius 3 is 2.31 bits per heavy atom. The highest BCUT2D eigenvalue weighted by Crippen LogP contribution is 2.16. The molecule has 11 heteroatoms. The van der Waals surface area contributed by atoms with Crippen molar-refractivity contribution < 1.29 is 23.2 Å². The number of nitrogens with zero attached hydrogens (tertiary/aromatic N) is 1. The maximum atomic E-state index is 13.7. The molecular weight excluding hydrogens is 578 g/mol. The molecular formula is C34H50F2N6O3. The van der Waals surface area contributed by atoms with Crippen LogP contribution in [0, 0.1) is 17.6 Å². The lowest BCUT2D eigenvalue weighted by Gasteiger charge is -2.35. The highest BCUT2D eigenvalue weighted by atomic mass is 19.2. The van der Waals surface area contributed by atoms with Gasteiger partial charge in [-0.05, 0) is 80.7 Å². The molecule has 1 aliphatic rings. The normalized spacial score (nSPS) is 15.8. The molecule has 2 aromatic rings. The summed E-state index contributed by atoms with van der Waals surface area (Å²) >= 11 is 0. The van der Waals surface area contributed by atoms with Gasteiger partial charge in [0.05, 0.1) is 12.5 Å². The third-order valence-corrected chi connectivity index (χ3v) is 8.07. The zero-order valence-electron chi connectivity index (χ0n) is 26.6. The van der Waals surface area contributed by atoms with Gasteiger partial charge in [0, 0.05) is 31.7 Å². The van der Waals surface area contributed by atoms with E-state index in [-0.39, 0.29) is 42.1 Å². The summed E-state index contributed by atoms with van der Waals surface area (Å²) in [5.41, 5.74) is 13.6. The molecule has 0 bridgehead atoms. The summed E-state index contributed by atoms with van der Waals surface area (Å²) < 4.78 is 26.7. The molecule has 3 amide bonds. The van der Waals surface area contributed by atoms with Gasteiger partial charge in [-0.3, -0.25) is 14.4 Å². The van der Waals surface area contributed by atoms with Gasteiger partial charge in [0.15, 0.2) is 11.6 Å². The van der Waals surface area contributed by atoms with E-state index in [1.54, 1.807) is 4.90 Å². The summed E-state index contributed by atoms with van der Waals surface area (Å²) in [7, 11) is 0. The summed E-state index contributed by atoms with van der Waals surface area (Å²) in [5, 5.41) is 9.32. The lowest BCUT2D eigenvalue weighted by atomic mass is 9.99. The van der Waals surface area contributed by atoms with Gasteiger partial charge in [-0.1, -0.05) is 50.2 Å². The lowest BCUT2D eigenvalue weighted by Crippen LogP contribution is -2.56. The highest BCUT2D eigenvalue weighted by Gasteiger charge is 2.31. The van der Waals surface area contributed by atoms with Gasteiger partial charge in [-0.25, -0.2) is 8.78 Å². The fourth-order valence-corrected chi connectivity index (χ4v) is 5.64. The molecule has 248 valence electrons. The van der Waals surface area contributed by atoms with E-state index >= 15 is 0 Å². The Kier molecular flexibility index (Phi) is 14.9. The zero-order chi connectivity index (χ0) is 32.8. The SMILES string of the molecule is CC(C)CC(NCC(N)Cc1ccccc1)C(=O)NC(CCCCN)C(=O)N1CCC(NC(=O)Cc2ccc(F)c(F)c2)CC1. The van der Waals surface area contributed by atoms with Crippen molar-refractivity contribution in [3.63, 3.8) is 0 Å². The van der Waals surface area contributed by atoms with E-state index < -0.39 is 23.7 Å². The number of hydrogen-bond donors (Lipinski definition) is 5. The molecule has 3 unspecified atom stereocenters. The molecule has 0 saturated carbocycles. The molecule has 2 aromatic carbocycles.